The molecule has 0 bridgehead atoms. The van der Waals surface area contributed by atoms with Gasteiger partial charge in [-0.3, -0.25) is 4.99 Å². The number of aryl methyl sites for hydroxylation is 1. The van der Waals surface area contributed by atoms with E-state index in [1.165, 1.54) is 12.1 Å². The summed E-state index contributed by atoms with van der Waals surface area (Å²) in [5, 5.41) is 16.4. The lowest BCUT2D eigenvalue weighted by Crippen LogP contribution is -2.47. The average molecular weight is 563 g/mol. The number of ether oxygens (including phenoxy) is 1. The van der Waals surface area contributed by atoms with Gasteiger partial charge in [-0.2, -0.15) is 5.10 Å². The Morgan fingerprint density at radius 3 is 2.74 bits per heavy atom. The first-order valence-corrected chi connectivity index (χ1v) is 11.5. The molecule has 1 aliphatic heterocycles. The Labute approximate surface area is 200 Å². The lowest BCUT2D eigenvalue weighted by Gasteiger charge is -2.25. The van der Waals surface area contributed by atoms with Gasteiger partial charge in [0, 0.05) is 32.7 Å². The highest BCUT2D eigenvalue weighted by atomic mass is 127. The maximum Gasteiger partial charge on any atom is 0.238 e. The third-order valence-corrected chi connectivity index (χ3v) is 5.71. The first kappa shape index (κ1) is 25.5. The van der Waals surface area contributed by atoms with Gasteiger partial charge in [-0.15, -0.1) is 24.0 Å². The van der Waals surface area contributed by atoms with E-state index in [0.717, 1.165) is 43.3 Å². The number of aromatic nitrogens is 3. The summed E-state index contributed by atoms with van der Waals surface area (Å²) in [6.45, 7) is 4.50. The van der Waals surface area contributed by atoms with Crippen molar-refractivity contribution in [3.05, 3.63) is 41.5 Å². The summed E-state index contributed by atoms with van der Waals surface area (Å²) in [5.41, 5.74) is 0.998. The van der Waals surface area contributed by atoms with E-state index in [9.17, 15) is 8.42 Å². The Hall–Kier alpha value is -1.77. The molecule has 10 nitrogen and oxygen atoms in total. The number of aliphatic imine (C=N–C) groups is 1. The molecule has 0 saturated heterocycles. The molecule has 0 fully saturated rings. The molecule has 1 aromatic heterocycles. The molecule has 4 N–H and O–H groups in total. The molecule has 0 spiro atoms. The number of guanidine groups is 1. The van der Waals surface area contributed by atoms with E-state index in [-0.39, 0.29) is 34.9 Å². The van der Waals surface area contributed by atoms with Gasteiger partial charge in [0.05, 0.1) is 11.4 Å². The number of hydrogen-bond donors (Lipinski definition) is 3. The Kier molecular flexibility index (Phi) is 9.65. The molecule has 0 amide bonds. The molecule has 2 aromatic rings. The molecule has 1 atom stereocenters. The van der Waals surface area contributed by atoms with Crippen molar-refractivity contribution >= 4 is 40.0 Å². The molecule has 172 valence electrons. The molecule has 1 aliphatic rings. The van der Waals surface area contributed by atoms with Crippen LogP contribution in [0.3, 0.4) is 0 Å². The van der Waals surface area contributed by atoms with Gasteiger partial charge < -0.3 is 15.4 Å². The summed E-state index contributed by atoms with van der Waals surface area (Å²) in [6, 6.07) is 6.78. The van der Waals surface area contributed by atoms with Gasteiger partial charge in [0.1, 0.15) is 12.4 Å². The summed E-state index contributed by atoms with van der Waals surface area (Å²) < 4.78 is 29.7. The molecule has 1 unspecified atom stereocenters. The SMILES string of the molecule is CCNC(=NCCc1ccc(S(N)(=O)=O)cc1)NC1CCc2nc(COC)nn2C1.I. The van der Waals surface area contributed by atoms with Gasteiger partial charge >= 0.3 is 0 Å². The zero-order chi connectivity index (χ0) is 21.6. The predicted molar refractivity (Wildman–Crippen MR) is 129 cm³/mol. The number of benzene rings is 1. The Bertz CT molecular complexity index is 977. The maximum atomic E-state index is 11.3. The Morgan fingerprint density at radius 1 is 1.35 bits per heavy atom. The van der Waals surface area contributed by atoms with Crippen molar-refractivity contribution in [1.82, 2.24) is 25.4 Å². The minimum absolute atomic E-state index is 0. The standard InChI is InChI=1S/C19H29N7O3S.HI/c1-3-21-19(22-11-10-14-4-7-16(8-5-14)30(20,27)28)23-15-6-9-18-24-17(13-29-2)25-26(18)12-15;/h4-5,7-8,15H,3,6,9-13H2,1-2H3,(H2,20,27,28)(H2,21,22,23);1H. The number of nitrogens with two attached hydrogens (primary N) is 1. The topological polar surface area (TPSA) is 137 Å². The monoisotopic (exact) mass is 563 g/mol. The zero-order valence-corrected chi connectivity index (χ0v) is 20.9. The largest absolute Gasteiger partial charge is 0.377 e. The van der Waals surface area contributed by atoms with Crippen molar-refractivity contribution in [3.8, 4) is 0 Å². The van der Waals surface area contributed by atoms with Crippen molar-refractivity contribution in [2.75, 3.05) is 20.2 Å². The summed E-state index contributed by atoms with van der Waals surface area (Å²) in [6.07, 6.45) is 2.49. The van der Waals surface area contributed by atoms with Crippen molar-refractivity contribution in [3.63, 3.8) is 0 Å². The van der Waals surface area contributed by atoms with Crippen molar-refractivity contribution < 1.29 is 13.2 Å². The summed E-state index contributed by atoms with van der Waals surface area (Å²) in [5.74, 6) is 2.46. The van der Waals surface area contributed by atoms with Crippen LogP contribution in [0.4, 0.5) is 0 Å². The minimum atomic E-state index is -3.67. The summed E-state index contributed by atoms with van der Waals surface area (Å²) in [7, 11) is -2.03. The fourth-order valence-electron chi connectivity index (χ4n) is 3.32. The molecule has 12 heteroatoms. The molecular formula is C19H30IN7O3S. The number of hydrogen-bond acceptors (Lipinski definition) is 6. The highest BCUT2D eigenvalue weighted by molar-refractivity contribution is 14.0. The van der Waals surface area contributed by atoms with E-state index in [1.54, 1.807) is 19.2 Å². The Morgan fingerprint density at radius 2 is 2.10 bits per heavy atom. The van der Waals surface area contributed by atoms with Crippen LogP contribution < -0.4 is 15.8 Å². The van der Waals surface area contributed by atoms with Crippen LogP contribution in [-0.2, 0) is 40.8 Å². The first-order valence-electron chi connectivity index (χ1n) is 9.97. The van der Waals surface area contributed by atoms with Crippen LogP contribution in [0.25, 0.3) is 0 Å². The predicted octanol–water partition coefficient (Wildman–Crippen LogP) is 0.803. The molecule has 3 rings (SSSR count). The Balaban J connectivity index is 0.00000341. The fourth-order valence-corrected chi connectivity index (χ4v) is 3.84. The maximum absolute atomic E-state index is 11.3. The van der Waals surface area contributed by atoms with Gasteiger partial charge in [-0.05, 0) is 37.5 Å². The molecule has 31 heavy (non-hydrogen) atoms. The second kappa shape index (κ2) is 11.7. The van der Waals surface area contributed by atoms with Crippen LogP contribution in [0.15, 0.2) is 34.2 Å². The number of primary sulfonamides is 1. The van der Waals surface area contributed by atoms with Gasteiger partial charge in [-0.25, -0.2) is 23.2 Å². The van der Waals surface area contributed by atoms with Gasteiger partial charge in [0.15, 0.2) is 11.8 Å². The number of nitrogens with one attached hydrogen (secondary N) is 2. The molecule has 0 saturated carbocycles. The second-order valence-electron chi connectivity index (χ2n) is 7.14. The van der Waals surface area contributed by atoms with E-state index < -0.39 is 10.0 Å². The van der Waals surface area contributed by atoms with Gasteiger partial charge in [-0.1, -0.05) is 12.1 Å². The normalized spacial score (nSPS) is 16.4. The van der Waals surface area contributed by atoms with E-state index in [4.69, 9.17) is 9.88 Å². The number of fused-ring (bicyclic) bond motifs is 1. The van der Waals surface area contributed by atoms with Crippen molar-refractivity contribution in [1.29, 1.82) is 0 Å². The first-order chi connectivity index (χ1) is 14.4. The number of nitrogens with zero attached hydrogens (tertiary/aromatic N) is 4. The van der Waals surface area contributed by atoms with Crippen molar-refractivity contribution in [2.45, 2.75) is 50.3 Å². The number of methoxy groups -OCH3 is 1. The van der Waals surface area contributed by atoms with Crippen LogP contribution >= 0.6 is 24.0 Å². The van der Waals surface area contributed by atoms with E-state index >= 15 is 0 Å². The second-order valence-corrected chi connectivity index (χ2v) is 8.70. The molecular weight excluding hydrogens is 533 g/mol. The highest BCUT2D eigenvalue weighted by Crippen LogP contribution is 2.13. The number of halogens is 1. The van der Waals surface area contributed by atoms with Gasteiger partial charge in [0.2, 0.25) is 10.0 Å². The van der Waals surface area contributed by atoms with E-state index in [1.807, 2.05) is 11.6 Å². The minimum Gasteiger partial charge on any atom is -0.377 e. The summed E-state index contributed by atoms with van der Waals surface area (Å²) in [4.78, 5) is 9.27. The lowest BCUT2D eigenvalue weighted by molar-refractivity contribution is 0.177. The zero-order valence-electron chi connectivity index (χ0n) is 17.7. The third-order valence-electron chi connectivity index (χ3n) is 4.78. The average Bonchev–Trinajstić information content (AvgIpc) is 3.10. The fraction of sp³-hybridized carbons (Fsp3) is 0.526. The van der Waals surface area contributed by atoms with Crippen LogP contribution in [0.1, 0.15) is 30.6 Å². The van der Waals surface area contributed by atoms with Crippen molar-refractivity contribution in [2.24, 2.45) is 10.1 Å². The van der Waals surface area contributed by atoms with Crippen LogP contribution in [0, 0.1) is 0 Å². The number of rotatable bonds is 8. The van der Waals surface area contributed by atoms with Gasteiger partial charge in [0.25, 0.3) is 0 Å². The van der Waals surface area contributed by atoms with E-state index in [0.29, 0.717) is 25.4 Å². The number of sulfonamides is 1. The molecule has 2 heterocycles. The highest BCUT2D eigenvalue weighted by Gasteiger charge is 2.22. The third kappa shape index (κ3) is 7.40. The van der Waals surface area contributed by atoms with E-state index in [2.05, 4.69) is 25.7 Å². The molecule has 0 radical (unpaired) electrons. The lowest BCUT2D eigenvalue weighted by atomic mass is 10.1. The van der Waals surface area contributed by atoms with Crippen LogP contribution in [0.2, 0.25) is 0 Å². The van der Waals surface area contributed by atoms with Crippen LogP contribution in [-0.4, -0.2) is 55.4 Å². The molecule has 1 aromatic carbocycles. The molecule has 0 aliphatic carbocycles. The quantitative estimate of drug-likeness (QED) is 0.246. The summed E-state index contributed by atoms with van der Waals surface area (Å²) >= 11 is 0. The smallest absolute Gasteiger partial charge is 0.238 e. The van der Waals surface area contributed by atoms with Crippen LogP contribution in [0.5, 0.6) is 0 Å².